The molecule has 0 aliphatic rings. The van der Waals surface area contributed by atoms with Gasteiger partial charge in [0, 0.05) is 39.1 Å². The van der Waals surface area contributed by atoms with Gasteiger partial charge >= 0.3 is 0 Å². The van der Waals surface area contributed by atoms with Crippen molar-refractivity contribution in [2.75, 3.05) is 27.2 Å². The van der Waals surface area contributed by atoms with Crippen LogP contribution in [0.25, 0.3) is 0 Å². The van der Waals surface area contributed by atoms with Crippen LogP contribution in [0.2, 0.25) is 0 Å². The molecule has 24 heavy (non-hydrogen) atoms. The van der Waals surface area contributed by atoms with E-state index in [-0.39, 0.29) is 0 Å². The first-order valence-electron chi connectivity index (χ1n) is 8.37. The summed E-state index contributed by atoms with van der Waals surface area (Å²) >= 11 is 0. The van der Waals surface area contributed by atoms with E-state index in [9.17, 15) is 0 Å². The number of benzene rings is 1. The van der Waals surface area contributed by atoms with Crippen molar-refractivity contribution in [3.8, 4) is 5.75 Å². The number of para-hydroxylation sites is 1. The smallest absolute Gasteiger partial charge is 0.194 e. The van der Waals surface area contributed by atoms with Crippen molar-refractivity contribution in [2.45, 2.75) is 19.9 Å². The van der Waals surface area contributed by atoms with Crippen molar-refractivity contribution in [1.82, 2.24) is 14.8 Å². The lowest BCUT2D eigenvalue weighted by Gasteiger charge is -2.22. The third-order valence-electron chi connectivity index (χ3n) is 3.98. The molecule has 0 fully saturated rings. The van der Waals surface area contributed by atoms with Crippen molar-refractivity contribution in [3.05, 3.63) is 53.9 Å². The molecule has 0 atom stereocenters. The number of guanidine groups is 1. The second kappa shape index (κ2) is 9.01. The predicted molar refractivity (Wildman–Crippen MR) is 99.6 cm³/mol. The minimum absolute atomic E-state index is 0.722. The molecule has 0 bridgehead atoms. The van der Waals surface area contributed by atoms with E-state index in [0.717, 1.165) is 37.8 Å². The second-order valence-electron chi connectivity index (χ2n) is 5.76. The van der Waals surface area contributed by atoms with Gasteiger partial charge < -0.3 is 19.5 Å². The molecule has 2 rings (SSSR count). The third kappa shape index (κ3) is 4.78. The summed E-state index contributed by atoms with van der Waals surface area (Å²) in [6.07, 6.45) is 2.92. The maximum atomic E-state index is 5.40. The topological polar surface area (TPSA) is 41.8 Å². The lowest BCUT2D eigenvalue weighted by Crippen LogP contribution is -2.39. The van der Waals surface area contributed by atoms with Crippen molar-refractivity contribution in [1.29, 1.82) is 0 Å². The van der Waals surface area contributed by atoms with Crippen LogP contribution in [0.15, 0.2) is 47.6 Å². The van der Waals surface area contributed by atoms with Crippen LogP contribution in [0.3, 0.4) is 0 Å². The summed E-state index contributed by atoms with van der Waals surface area (Å²) in [6.45, 7) is 4.49. The lowest BCUT2D eigenvalue weighted by atomic mass is 10.1. The van der Waals surface area contributed by atoms with Gasteiger partial charge in [-0.25, -0.2) is 0 Å². The molecule has 0 amide bonds. The van der Waals surface area contributed by atoms with Crippen molar-refractivity contribution < 1.29 is 4.74 Å². The minimum Gasteiger partial charge on any atom is -0.496 e. The van der Waals surface area contributed by atoms with Gasteiger partial charge in [-0.1, -0.05) is 18.2 Å². The molecule has 0 unspecified atom stereocenters. The fourth-order valence-electron chi connectivity index (χ4n) is 2.64. The summed E-state index contributed by atoms with van der Waals surface area (Å²) in [4.78, 5) is 6.91. The van der Waals surface area contributed by atoms with Crippen molar-refractivity contribution in [3.63, 3.8) is 0 Å². The van der Waals surface area contributed by atoms with Crippen molar-refractivity contribution >= 4 is 5.96 Å². The molecule has 0 aliphatic carbocycles. The van der Waals surface area contributed by atoms with Gasteiger partial charge in [0.2, 0.25) is 0 Å². The molecule has 0 aliphatic heterocycles. The highest BCUT2D eigenvalue weighted by molar-refractivity contribution is 5.79. The Hall–Kier alpha value is -2.43. The Morgan fingerprint density at radius 3 is 2.71 bits per heavy atom. The van der Waals surface area contributed by atoms with E-state index in [1.807, 2.05) is 18.2 Å². The van der Waals surface area contributed by atoms with Gasteiger partial charge in [-0.05, 0) is 37.1 Å². The quantitative estimate of drug-likeness (QED) is 0.628. The monoisotopic (exact) mass is 328 g/mol. The van der Waals surface area contributed by atoms with E-state index in [1.165, 1.54) is 11.3 Å². The van der Waals surface area contributed by atoms with Gasteiger partial charge in [-0.2, -0.15) is 0 Å². The van der Waals surface area contributed by atoms with E-state index < -0.39 is 0 Å². The molecule has 1 aromatic carbocycles. The first kappa shape index (κ1) is 17.9. The Labute approximate surface area is 145 Å². The zero-order valence-corrected chi connectivity index (χ0v) is 15.1. The third-order valence-corrected chi connectivity index (χ3v) is 3.98. The molecule has 5 heteroatoms. The maximum Gasteiger partial charge on any atom is 0.194 e. The first-order valence-corrected chi connectivity index (χ1v) is 8.37. The van der Waals surface area contributed by atoms with Gasteiger partial charge in [0.1, 0.15) is 5.75 Å². The van der Waals surface area contributed by atoms with E-state index in [4.69, 9.17) is 9.73 Å². The summed E-state index contributed by atoms with van der Waals surface area (Å²) in [5.41, 5.74) is 2.44. The Morgan fingerprint density at radius 1 is 1.25 bits per heavy atom. The Morgan fingerprint density at radius 2 is 2.04 bits per heavy atom. The molecule has 0 spiro atoms. The van der Waals surface area contributed by atoms with E-state index in [1.54, 1.807) is 7.11 Å². The fourth-order valence-corrected chi connectivity index (χ4v) is 2.64. The van der Waals surface area contributed by atoms with Gasteiger partial charge in [0.25, 0.3) is 0 Å². The van der Waals surface area contributed by atoms with Crippen LogP contribution in [0.5, 0.6) is 5.75 Å². The average Bonchev–Trinajstić information content (AvgIpc) is 2.99. The Balaban J connectivity index is 2.00. The van der Waals surface area contributed by atoms with Crippen LogP contribution in [0.1, 0.15) is 18.2 Å². The van der Waals surface area contributed by atoms with Crippen LogP contribution in [-0.4, -0.2) is 42.7 Å². The van der Waals surface area contributed by atoms with Crippen LogP contribution in [0, 0.1) is 0 Å². The molecular weight excluding hydrogens is 300 g/mol. The molecule has 130 valence electrons. The summed E-state index contributed by atoms with van der Waals surface area (Å²) in [6, 6.07) is 12.3. The zero-order valence-electron chi connectivity index (χ0n) is 15.1. The molecule has 0 saturated heterocycles. The average molecular weight is 328 g/mol. The van der Waals surface area contributed by atoms with Crippen LogP contribution in [-0.2, 0) is 20.0 Å². The number of aliphatic imine (C=N–C) groups is 1. The van der Waals surface area contributed by atoms with Gasteiger partial charge in [-0.3, -0.25) is 4.99 Å². The maximum absolute atomic E-state index is 5.40. The number of hydrogen-bond acceptors (Lipinski definition) is 2. The van der Waals surface area contributed by atoms with Gasteiger partial charge in [-0.15, -0.1) is 0 Å². The number of aromatic nitrogens is 1. The molecule has 5 nitrogen and oxygen atoms in total. The van der Waals surface area contributed by atoms with Crippen molar-refractivity contribution in [2.24, 2.45) is 12.0 Å². The number of methoxy groups -OCH3 is 1. The summed E-state index contributed by atoms with van der Waals surface area (Å²) in [5.74, 6) is 1.85. The Bertz CT molecular complexity index is 663. The zero-order chi connectivity index (χ0) is 17.4. The molecule has 1 aromatic heterocycles. The fraction of sp³-hybridized carbons (Fsp3) is 0.421. The number of hydrogen-bond donors (Lipinski definition) is 1. The number of nitrogens with zero attached hydrogens (tertiary/aromatic N) is 3. The van der Waals surface area contributed by atoms with Crippen LogP contribution in [0.4, 0.5) is 0 Å². The standard InChI is InChI=1S/C19H28N4O/c1-5-20-19(23(3)15-17-10-8-14-22(17)2)21-13-12-16-9-6-7-11-18(16)24-4/h6-11,14H,5,12-13,15H2,1-4H3,(H,20,21). The second-order valence-corrected chi connectivity index (χ2v) is 5.76. The Kier molecular flexibility index (Phi) is 6.73. The number of aryl methyl sites for hydroxylation is 1. The molecule has 1 N–H and O–H groups in total. The SMILES string of the molecule is CCNC(=NCCc1ccccc1OC)N(C)Cc1cccn1C. The number of nitrogens with one attached hydrogen (secondary N) is 1. The highest BCUT2D eigenvalue weighted by Gasteiger charge is 2.08. The molecule has 0 saturated carbocycles. The first-order chi connectivity index (χ1) is 11.7. The molecular formula is C19H28N4O. The van der Waals surface area contributed by atoms with E-state index in [0.29, 0.717) is 0 Å². The lowest BCUT2D eigenvalue weighted by molar-refractivity contribution is 0.409. The summed E-state index contributed by atoms with van der Waals surface area (Å²) in [7, 11) is 5.84. The van der Waals surface area contributed by atoms with Gasteiger partial charge in [0.15, 0.2) is 5.96 Å². The van der Waals surface area contributed by atoms with Crippen LogP contribution < -0.4 is 10.1 Å². The normalized spacial score (nSPS) is 11.4. The largest absolute Gasteiger partial charge is 0.496 e. The predicted octanol–water partition coefficient (Wildman–Crippen LogP) is 2.67. The molecule has 2 aromatic rings. The minimum atomic E-state index is 0.722. The number of rotatable bonds is 7. The highest BCUT2D eigenvalue weighted by atomic mass is 16.5. The van der Waals surface area contributed by atoms with Crippen LogP contribution >= 0.6 is 0 Å². The van der Waals surface area contributed by atoms with Gasteiger partial charge in [0.05, 0.1) is 13.7 Å². The molecule has 1 heterocycles. The van der Waals surface area contributed by atoms with E-state index in [2.05, 4.69) is 60.2 Å². The number of ether oxygens (including phenoxy) is 1. The van der Waals surface area contributed by atoms with E-state index >= 15 is 0 Å². The summed E-state index contributed by atoms with van der Waals surface area (Å²) < 4.78 is 7.54. The summed E-state index contributed by atoms with van der Waals surface area (Å²) in [5, 5.41) is 3.36. The molecule has 0 radical (unpaired) electrons. The highest BCUT2D eigenvalue weighted by Crippen LogP contribution is 2.17.